The predicted molar refractivity (Wildman–Crippen MR) is 94.9 cm³/mol. The molecular formula is C13H23IN4OS. The normalized spacial score (nSPS) is 16.1. The van der Waals surface area contributed by atoms with Crippen LogP contribution in [0.4, 0.5) is 0 Å². The van der Waals surface area contributed by atoms with Crippen LogP contribution in [0.15, 0.2) is 9.52 Å². The van der Waals surface area contributed by atoms with Crippen molar-refractivity contribution < 1.29 is 4.52 Å². The lowest BCUT2D eigenvalue weighted by molar-refractivity contribution is 0.380. The van der Waals surface area contributed by atoms with Crippen LogP contribution in [0.2, 0.25) is 0 Å². The average molecular weight is 410 g/mol. The summed E-state index contributed by atoms with van der Waals surface area (Å²) in [6, 6.07) is 0. The molecule has 0 saturated carbocycles. The van der Waals surface area contributed by atoms with Crippen LogP contribution in [-0.4, -0.2) is 40.6 Å². The minimum atomic E-state index is 0. The highest BCUT2D eigenvalue weighted by molar-refractivity contribution is 14.0. The van der Waals surface area contributed by atoms with E-state index in [1.165, 1.54) is 0 Å². The van der Waals surface area contributed by atoms with Crippen LogP contribution < -0.4 is 5.73 Å². The number of thioether (sulfide) groups is 1. The molecule has 0 radical (unpaired) electrons. The van der Waals surface area contributed by atoms with Gasteiger partial charge in [-0.3, -0.25) is 0 Å². The van der Waals surface area contributed by atoms with Gasteiger partial charge >= 0.3 is 0 Å². The fraction of sp³-hybridized carbons (Fsp3) is 0.692. The van der Waals surface area contributed by atoms with Gasteiger partial charge in [-0.2, -0.15) is 11.8 Å². The van der Waals surface area contributed by atoms with Gasteiger partial charge in [0.05, 0.1) is 12.2 Å². The van der Waals surface area contributed by atoms with Crippen LogP contribution in [0.1, 0.15) is 30.9 Å². The first kappa shape index (κ1) is 17.6. The number of hydrogen-bond acceptors (Lipinski definition) is 4. The first-order valence-electron chi connectivity index (χ1n) is 6.85. The van der Waals surface area contributed by atoms with Crippen molar-refractivity contribution in [3.05, 3.63) is 17.0 Å². The van der Waals surface area contributed by atoms with E-state index in [2.05, 4.69) is 28.9 Å². The summed E-state index contributed by atoms with van der Waals surface area (Å²) in [5.41, 5.74) is 8.18. The van der Waals surface area contributed by atoms with Gasteiger partial charge in [0.2, 0.25) is 0 Å². The molecule has 114 valence electrons. The molecule has 0 atom stereocenters. The average Bonchev–Trinajstić information content (AvgIpc) is 2.87. The maximum Gasteiger partial charge on any atom is 0.191 e. The molecule has 0 spiro atoms. The highest BCUT2D eigenvalue weighted by Crippen LogP contribution is 2.17. The largest absolute Gasteiger partial charge is 0.370 e. The maximum atomic E-state index is 6.06. The van der Waals surface area contributed by atoms with Gasteiger partial charge in [-0.05, 0) is 6.42 Å². The molecule has 1 aliphatic rings. The van der Waals surface area contributed by atoms with E-state index in [1.54, 1.807) is 0 Å². The van der Waals surface area contributed by atoms with E-state index < -0.39 is 0 Å². The summed E-state index contributed by atoms with van der Waals surface area (Å²) in [5, 5.41) is 4.09. The standard InChI is InChI=1S/C13H22N4OS.HI/c1-3-11-10(12(4-2)18-16-11)9-15-13(14)17-5-7-19-8-6-17;/h3-9H2,1-2H3,(H2,14,15);1H. The molecule has 7 heteroatoms. The van der Waals surface area contributed by atoms with E-state index in [1.807, 2.05) is 11.8 Å². The van der Waals surface area contributed by atoms with Crippen LogP contribution >= 0.6 is 35.7 Å². The Kier molecular flexibility index (Phi) is 7.71. The number of halogens is 1. The number of guanidine groups is 1. The van der Waals surface area contributed by atoms with Crippen molar-refractivity contribution in [2.75, 3.05) is 24.6 Å². The number of hydrogen-bond donors (Lipinski definition) is 1. The number of nitrogens with two attached hydrogens (primary N) is 1. The molecule has 5 nitrogen and oxygen atoms in total. The molecule has 1 aromatic rings. The Morgan fingerprint density at radius 3 is 2.65 bits per heavy atom. The first-order valence-corrected chi connectivity index (χ1v) is 8.00. The second kappa shape index (κ2) is 8.76. The summed E-state index contributed by atoms with van der Waals surface area (Å²) < 4.78 is 5.34. The molecule has 0 bridgehead atoms. The van der Waals surface area contributed by atoms with Gasteiger partial charge < -0.3 is 15.2 Å². The summed E-state index contributed by atoms with van der Waals surface area (Å²) in [5.74, 6) is 3.83. The quantitative estimate of drug-likeness (QED) is 0.469. The van der Waals surface area contributed by atoms with Gasteiger partial charge in [0.1, 0.15) is 5.76 Å². The summed E-state index contributed by atoms with van der Waals surface area (Å²) in [4.78, 5) is 6.67. The van der Waals surface area contributed by atoms with E-state index in [0.29, 0.717) is 12.5 Å². The zero-order chi connectivity index (χ0) is 13.7. The Morgan fingerprint density at radius 1 is 1.35 bits per heavy atom. The van der Waals surface area contributed by atoms with Crippen LogP contribution in [0.25, 0.3) is 0 Å². The van der Waals surface area contributed by atoms with E-state index in [4.69, 9.17) is 10.3 Å². The lowest BCUT2D eigenvalue weighted by Crippen LogP contribution is -2.42. The van der Waals surface area contributed by atoms with Crippen molar-refractivity contribution in [1.29, 1.82) is 0 Å². The monoisotopic (exact) mass is 410 g/mol. The molecule has 0 amide bonds. The maximum absolute atomic E-state index is 6.06. The molecular weight excluding hydrogens is 387 g/mol. The van der Waals surface area contributed by atoms with Crippen LogP contribution in [-0.2, 0) is 19.4 Å². The SMILES string of the molecule is CCc1noc(CC)c1CN=C(N)N1CCSCC1.I. The van der Waals surface area contributed by atoms with Gasteiger partial charge in [-0.15, -0.1) is 24.0 Å². The second-order valence-electron chi connectivity index (χ2n) is 4.51. The van der Waals surface area contributed by atoms with Crippen molar-refractivity contribution >= 4 is 41.7 Å². The van der Waals surface area contributed by atoms with Crippen LogP contribution in [0.3, 0.4) is 0 Å². The number of nitrogens with zero attached hydrogens (tertiary/aromatic N) is 3. The summed E-state index contributed by atoms with van der Waals surface area (Å²) >= 11 is 1.97. The van der Waals surface area contributed by atoms with Crippen molar-refractivity contribution in [2.45, 2.75) is 33.2 Å². The first-order chi connectivity index (χ1) is 9.26. The molecule has 20 heavy (non-hydrogen) atoms. The molecule has 1 saturated heterocycles. The van der Waals surface area contributed by atoms with Gasteiger partial charge in [0, 0.05) is 36.6 Å². The van der Waals surface area contributed by atoms with Crippen LogP contribution in [0, 0.1) is 0 Å². The molecule has 2 rings (SSSR count). The lowest BCUT2D eigenvalue weighted by atomic mass is 10.1. The summed E-state index contributed by atoms with van der Waals surface area (Å²) in [6.45, 7) is 6.70. The third kappa shape index (κ3) is 4.28. The van der Waals surface area contributed by atoms with Crippen molar-refractivity contribution in [1.82, 2.24) is 10.1 Å². The Morgan fingerprint density at radius 2 is 2.05 bits per heavy atom. The number of aromatic nitrogens is 1. The molecule has 1 fully saturated rings. The molecule has 0 aromatic carbocycles. The number of aliphatic imine (C=N–C) groups is 1. The Bertz CT molecular complexity index is 422. The molecule has 1 aliphatic heterocycles. The van der Waals surface area contributed by atoms with E-state index >= 15 is 0 Å². The highest BCUT2D eigenvalue weighted by atomic mass is 127. The number of aryl methyl sites for hydroxylation is 2. The van der Waals surface area contributed by atoms with Gasteiger partial charge in [-0.1, -0.05) is 19.0 Å². The molecule has 2 heterocycles. The highest BCUT2D eigenvalue weighted by Gasteiger charge is 2.15. The fourth-order valence-electron chi connectivity index (χ4n) is 2.17. The zero-order valence-electron chi connectivity index (χ0n) is 12.1. The molecule has 0 aliphatic carbocycles. The predicted octanol–water partition coefficient (Wildman–Crippen LogP) is 2.28. The molecule has 1 aromatic heterocycles. The Hall–Kier alpha value is -0.440. The molecule has 0 unspecified atom stereocenters. The van der Waals surface area contributed by atoms with Crippen molar-refractivity contribution in [2.24, 2.45) is 10.7 Å². The second-order valence-corrected chi connectivity index (χ2v) is 5.74. The third-order valence-electron chi connectivity index (χ3n) is 3.34. The van der Waals surface area contributed by atoms with E-state index in [9.17, 15) is 0 Å². The Labute approximate surface area is 141 Å². The fourth-order valence-corrected chi connectivity index (χ4v) is 3.07. The van der Waals surface area contributed by atoms with E-state index in [0.717, 1.165) is 54.5 Å². The summed E-state index contributed by atoms with van der Waals surface area (Å²) in [6.07, 6.45) is 1.72. The van der Waals surface area contributed by atoms with Gasteiger partial charge in [-0.25, -0.2) is 4.99 Å². The van der Waals surface area contributed by atoms with E-state index in [-0.39, 0.29) is 24.0 Å². The van der Waals surface area contributed by atoms with Gasteiger partial charge in [0.15, 0.2) is 5.96 Å². The van der Waals surface area contributed by atoms with Crippen LogP contribution in [0.5, 0.6) is 0 Å². The number of rotatable bonds is 4. The topological polar surface area (TPSA) is 67.6 Å². The minimum Gasteiger partial charge on any atom is -0.370 e. The third-order valence-corrected chi connectivity index (χ3v) is 4.28. The lowest BCUT2D eigenvalue weighted by Gasteiger charge is -2.27. The smallest absolute Gasteiger partial charge is 0.191 e. The molecule has 2 N–H and O–H groups in total. The van der Waals surface area contributed by atoms with Crippen molar-refractivity contribution in [3.63, 3.8) is 0 Å². The minimum absolute atomic E-state index is 0. The van der Waals surface area contributed by atoms with Gasteiger partial charge in [0.25, 0.3) is 0 Å². The zero-order valence-corrected chi connectivity index (χ0v) is 15.2. The van der Waals surface area contributed by atoms with Crippen molar-refractivity contribution in [3.8, 4) is 0 Å². The summed E-state index contributed by atoms with van der Waals surface area (Å²) in [7, 11) is 0. The Balaban J connectivity index is 0.00000200.